The molecule has 0 fully saturated rings. The van der Waals surface area contributed by atoms with E-state index in [-0.39, 0.29) is 12.0 Å². The number of hydrogen-bond donors (Lipinski definition) is 0. The number of aldehydes is 1. The normalized spacial score (nSPS) is 16.3. The molecule has 2 unspecified atom stereocenters. The van der Waals surface area contributed by atoms with Crippen LogP contribution in [0.5, 0.6) is 0 Å². The summed E-state index contributed by atoms with van der Waals surface area (Å²) >= 11 is 0. The van der Waals surface area contributed by atoms with Crippen LogP contribution < -0.4 is 0 Å². The number of hydrogen-bond acceptors (Lipinski definition) is 2. The van der Waals surface area contributed by atoms with Crippen molar-refractivity contribution >= 4 is 6.29 Å². The van der Waals surface area contributed by atoms with Gasteiger partial charge in [0.05, 0.1) is 6.10 Å². The third-order valence-electron chi connectivity index (χ3n) is 1.68. The van der Waals surface area contributed by atoms with E-state index in [4.69, 9.17) is 4.74 Å². The van der Waals surface area contributed by atoms with Gasteiger partial charge in [0.25, 0.3) is 0 Å². The van der Waals surface area contributed by atoms with Gasteiger partial charge in [-0.25, -0.2) is 0 Å². The molecule has 60 valence electrons. The second-order valence-corrected chi connectivity index (χ2v) is 2.37. The molecule has 0 saturated carbocycles. The molecule has 0 heterocycles. The number of rotatable bonds is 5. The monoisotopic (exact) mass is 144 g/mol. The van der Waals surface area contributed by atoms with E-state index in [1.165, 1.54) is 0 Å². The van der Waals surface area contributed by atoms with E-state index in [1.807, 2.05) is 20.8 Å². The standard InChI is InChI=1S/C8H16O2/c1-4-8(6-9)7(3)10-5-2/h6-8H,4-5H2,1-3H3. The van der Waals surface area contributed by atoms with Gasteiger partial charge in [0.15, 0.2) is 0 Å². The minimum Gasteiger partial charge on any atom is -0.378 e. The van der Waals surface area contributed by atoms with Gasteiger partial charge in [0.2, 0.25) is 0 Å². The van der Waals surface area contributed by atoms with Crippen LogP contribution in [0.4, 0.5) is 0 Å². The van der Waals surface area contributed by atoms with Crippen LogP contribution >= 0.6 is 0 Å². The van der Waals surface area contributed by atoms with Crippen LogP contribution in [0.1, 0.15) is 27.2 Å². The topological polar surface area (TPSA) is 26.3 Å². The van der Waals surface area contributed by atoms with Crippen molar-refractivity contribution in [1.29, 1.82) is 0 Å². The quantitative estimate of drug-likeness (QED) is 0.548. The van der Waals surface area contributed by atoms with E-state index in [9.17, 15) is 4.79 Å². The molecule has 0 spiro atoms. The number of carbonyl (C=O) groups is 1. The lowest BCUT2D eigenvalue weighted by Gasteiger charge is -2.16. The summed E-state index contributed by atoms with van der Waals surface area (Å²) in [4.78, 5) is 10.4. The SMILES string of the molecule is CCOC(C)C(C=O)CC. The fourth-order valence-electron chi connectivity index (χ4n) is 0.925. The maximum atomic E-state index is 10.4. The molecule has 10 heavy (non-hydrogen) atoms. The number of carbonyl (C=O) groups excluding carboxylic acids is 1. The first-order valence-corrected chi connectivity index (χ1v) is 3.83. The zero-order valence-electron chi connectivity index (χ0n) is 6.96. The Labute approximate surface area is 62.6 Å². The molecule has 0 aliphatic heterocycles. The Bertz CT molecular complexity index is 91.3. The van der Waals surface area contributed by atoms with Gasteiger partial charge in [-0.3, -0.25) is 0 Å². The molecule has 0 aromatic heterocycles. The minimum absolute atomic E-state index is 0.0694. The van der Waals surface area contributed by atoms with Gasteiger partial charge >= 0.3 is 0 Å². The molecule has 0 aliphatic rings. The van der Waals surface area contributed by atoms with Crippen molar-refractivity contribution in [2.75, 3.05) is 6.61 Å². The van der Waals surface area contributed by atoms with E-state index in [2.05, 4.69) is 0 Å². The first-order chi connectivity index (χ1) is 4.76. The molecule has 0 bridgehead atoms. The summed E-state index contributed by atoms with van der Waals surface area (Å²) in [5, 5.41) is 0. The smallest absolute Gasteiger partial charge is 0.125 e. The van der Waals surface area contributed by atoms with Gasteiger partial charge in [0, 0.05) is 12.5 Å². The zero-order chi connectivity index (χ0) is 7.98. The van der Waals surface area contributed by atoms with Crippen LogP contribution in [0.2, 0.25) is 0 Å². The average Bonchev–Trinajstić information content (AvgIpc) is 1.91. The van der Waals surface area contributed by atoms with Gasteiger partial charge in [-0.2, -0.15) is 0 Å². The summed E-state index contributed by atoms with van der Waals surface area (Å²) in [6.45, 7) is 6.56. The van der Waals surface area contributed by atoms with Gasteiger partial charge in [0.1, 0.15) is 6.29 Å². The maximum Gasteiger partial charge on any atom is 0.125 e. The van der Waals surface area contributed by atoms with Crippen LogP contribution in [-0.4, -0.2) is 19.0 Å². The van der Waals surface area contributed by atoms with Gasteiger partial charge in [-0.1, -0.05) is 6.92 Å². The second-order valence-electron chi connectivity index (χ2n) is 2.37. The Kier molecular flexibility index (Phi) is 5.22. The summed E-state index contributed by atoms with van der Waals surface area (Å²) < 4.78 is 5.25. The molecule has 2 nitrogen and oxygen atoms in total. The third kappa shape index (κ3) is 2.97. The fourth-order valence-corrected chi connectivity index (χ4v) is 0.925. The highest BCUT2D eigenvalue weighted by Gasteiger charge is 2.13. The van der Waals surface area contributed by atoms with E-state index >= 15 is 0 Å². The molecule has 0 saturated heterocycles. The van der Waals surface area contributed by atoms with Gasteiger partial charge in [-0.15, -0.1) is 0 Å². The molecule has 0 radical (unpaired) electrons. The Hall–Kier alpha value is -0.370. The van der Waals surface area contributed by atoms with Crippen molar-refractivity contribution in [2.24, 2.45) is 5.92 Å². The third-order valence-corrected chi connectivity index (χ3v) is 1.68. The molecular formula is C8H16O2. The van der Waals surface area contributed by atoms with Crippen molar-refractivity contribution in [3.05, 3.63) is 0 Å². The van der Waals surface area contributed by atoms with Crippen molar-refractivity contribution in [3.63, 3.8) is 0 Å². The molecule has 2 atom stereocenters. The predicted molar refractivity (Wildman–Crippen MR) is 40.9 cm³/mol. The van der Waals surface area contributed by atoms with E-state index in [0.717, 1.165) is 12.7 Å². The lowest BCUT2D eigenvalue weighted by molar-refractivity contribution is -0.115. The largest absolute Gasteiger partial charge is 0.378 e. The summed E-state index contributed by atoms with van der Waals surface area (Å²) in [5.41, 5.74) is 0. The fraction of sp³-hybridized carbons (Fsp3) is 0.875. The van der Waals surface area contributed by atoms with Crippen LogP contribution in [0.15, 0.2) is 0 Å². The zero-order valence-corrected chi connectivity index (χ0v) is 6.96. The second kappa shape index (κ2) is 5.42. The molecular weight excluding hydrogens is 128 g/mol. The van der Waals surface area contributed by atoms with Gasteiger partial charge in [-0.05, 0) is 20.3 Å². The van der Waals surface area contributed by atoms with E-state index in [1.54, 1.807) is 0 Å². The molecule has 0 aromatic carbocycles. The van der Waals surface area contributed by atoms with Crippen LogP contribution in [0, 0.1) is 5.92 Å². The van der Waals surface area contributed by atoms with Crippen LogP contribution in [-0.2, 0) is 9.53 Å². The first-order valence-electron chi connectivity index (χ1n) is 3.83. The number of ether oxygens (including phenoxy) is 1. The summed E-state index contributed by atoms with van der Waals surface area (Å²) in [7, 11) is 0. The Morgan fingerprint density at radius 3 is 2.40 bits per heavy atom. The summed E-state index contributed by atoms with van der Waals surface area (Å²) in [5.74, 6) is 0.0694. The highest BCUT2D eigenvalue weighted by molar-refractivity contribution is 5.54. The Morgan fingerprint density at radius 1 is 1.50 bits per heavy atom. The summed E-state index contributed by atoms with van der Waals surface area (Å²) in [6.07, 6.45) is 1.91. The lowest BCUT2D eigenvalue weighted by atomic mass is 10.0. The Balaban J connectivity index is 3.63. The van der Waals surface area contributed by atoms with E-state index < -0.39 is 0 Å². The van der Waals surface area contributed by atoms with Crippen molar-refractivity contribution in [1.82, 2.24) is 0 Å². The minimum atomic E-state index is 0.0694. The molecule has 2 heteroatoms. The molecule has 0 aromatic rings. The van der Waals surface area contributed by atoms with Crippen molar-refractivity contribution in [2.45, 2.75) is 33.3 Å². The maximum absolute atomic E-state index is 10.4. The highest BCUT2D eigenvalue weighted by Crippen LogP contribution is 2.08. The summed E-state index contributed by atoms with van der Waals surface area (Å²) in [6, 6.07) is 0. The molecule has 0 N–H and O–H groups in total. The lowest BCUT2D eigenvalue weighted by Crippen LogP contribution is -2.21. The molecule has 0 aliphatic carbocycles. The van der Waals surface area contributed by atoms with E-state index in [0.29, 0.717) is 6.61 Å². The molecule has 0 amide bonds. The van der Waals surface area contributed by atoms with Crippen LogP contribution in [0.3, 0.4) is 0 Å². The molecule has 0 rings (SSSR count). The predicted octanol–water partition coefficient (Wildman–Crippen LogP) is 1.64. The highest BCUT2D eigenvalue weighted by atomic mass is 16.5. The van der Waals surface area contributed by atoms with Crippen LogP contribution in [0.25, 0.3) is 0 Å². The van der Waals surface area contributed by atoms with Crippen molar-refractivity contribution < 1.29 is 9.53 Å². The Morgan fingerprint density at radius 2 is 2.10 bits per heavy atom. The first kappa shape index (κ1) is 9.63. The average molecular weight is 144 g/mol. The van der Waals surface area contributed by atoms with Crippen molar-refractivity contribution in [3.8, 4) is 0 Å². The van der Waals surface area contributed by atoms with Gasteiger partial charge < -0.3 is 9.53 Å².